The van der Waals surface area contributed by atoms with Gasteiger partial charge in [0.1, 0.15) is 6.26 Å². The first-order valence-electron chi connectivity index (χ1n) is 6.62. The van der Waals surface area contributed by atoms with Crippen LogP contribution in [-0.2, 0) is 4.74 Å². The van der Waals surface area contributed by atoms with Gasteiger partial charge in [0.05, 0.1) is 12.2 Å². The van der Waals surface area contributed by atoms with Gasteiger partial charge in [-0.3, -0.25) is 0 Å². The number of hydrogen-bond donors (Lipinski definition) is 1. The molecular formula is C13H20N2O4. The number of nitrogens with zero attached hydrogens (tertiary/aromatic N) is 2. The average Bonchev–Trinajstić information content (AvgIpc) is 2.76. The van der Waals surface area contributed by atoms with Crippen LogP contribution in [0.25, 0.3) is 0 Å². The molecule has 1 aromatic rings. The molecule has 19 heavy (non-hydrogen) atoms. The molecule has 1 aliphatic heterocycles. The molecule has 2 rings (SSSR count). The third kappa shape index (κ3) is 3.47. The monoisotopic (exact) mass is 268 g/mol. The van der Waals surface area contributed by atoms with E-state index in [-0.39, 0.29) is 5.69 Å². The summed E-state index contributed by atoms with van der Waals surface area (Å²) in [5.74, 6) is -0.473. The maximum absolute atomic E-state index is 11.5. The molecule has 0 bridgehead atoms. The standard InChI is InChI=1S/C13H20N2O4/c1-3-18-11(16)10-9-19-12(14-10)15-7-4-5-13(2,17)6-8-15/h9,17H,3-8H2,1-2H3. The zero-order valence-corrected chi connectivity index (χ0v) is 11.4. The number of carbonyl (C=O) groups is 1. The zero-order chi connectivity index (χ0) is 13.9. The van der Waals surface area contributed by atoms with E-state index in [4.69, 9.17) is 9.15 Å². The van der Waals surface area contributed by atoms with Gasteiger partial charge in [-0.2, -0.15) is 4.98 Å². The molecule has 1 saturated heterocycles. The lowest BCUT2D eigenvalue weighted by atomic mass is 9.98. The number of carbonyl (C=O) groups excluding carboxylic acids is 1. The van der Waals surface area contributed by atoms with Crippen LogP contribution in [0.3, 0.4) is 0 Å². The molecule has 0 aromatic carbocycles. The molecule has 0 spiro atoms. The Balaban J connectivity index is 2.04. The summed E-state index contributed by atoms with van der Waals surface area (Å²) in [4.78, 5) is 17.6. The van der Waals surface area contributed by atoms with E-state index in [1.165, 1.54) is 6.26 Å². The van der Waals surface area contributed by atoms with Gasteiger partial charge in [-0.05, 0) is 33.1 Å². The second kappa shape index (κ2) is 5.61. The lowest BCUT2D eigenvalue weighted by molar-refractivity contribution is 0.0479. The maximum atomic E-state index is 11.5. The molecule has 0 aliphatic carbocycles. The molecule has 1 N–H and O–H groups in total. The summed E-state index contributed by atoms with van der Waals surface area (Å²) in [7, 11) is 0. The van der Waals surface area contributed by atoms with Crippen LogP contribution in [0.5, 0.6) is 0 Å². The highest BCUT2D eigenvalue weighted by Gasteiger charge is 2.27. The van der Waals surface area contributed by atoms with Crippen LogP contribution in [0.15, 0.2) is 10.7 Å². The lowest BCUT2D eigenvalue weighted by Gasteiger charge is -2.21. The first kappa shape index (κ1) is 13.9. The van der Waals surface area contributed by atoms with Gasteiger partial charge in [0, 0.05) is 13.1 Å². The molecule has 1 atom stereocenters. The molecule has 106 valence electrons. The van der Waals surface area contributed by atoms with Gasteiger partial charge in [-0.15, -0.1) is 0 Å². The predicted octanol–water partition coefficient (Wildman–Crippen LogP) is 1.59. The van der Waals surface area contributed by atoms with Gasteiger partial charge < -0.3 is 19.2 Å². The SMILES string of the molecule is CCOC(=O)c1coc(N2CCCC(C)(O)CC2)n1. The van der Waals surface area contributed by atoms with Gasteiger partial charge in [0.25, 0.3) is 6.01 Å². The van der Waals surface area contributed by atoms with Gasteiger partial charge in [0.15, 0.2) is 5.69 Å². The van der Waals surface area contributed by atoms with Crippen LogP contribution in [-0.4, -0.2) is 41.4 Å². The minimum atomic E-state index is -0.634. The molecule has 1 fully saturated rings. The normalized spacial score (nSPS) is 24.1. The molecule has 2 heterocycles. The number of aromatic nitrogens is 1. The number of ether oxygens (including phenoxy) is 1. The highest BCUT2D eigenvalue weighted by atomic mass is 16.5. The van der Waals surface area contributed by atoms with Gasteiger partial charge in [-0.25, -0.2) is 4.79 Å². The Morgan fingerprint density at radius 2 is 2.37 bits per heavy atom. The Labute approximate surface area is 112 Å². The maximum Gasteiger partial charge on any atom is 0.360 e. The number of aliphatic hydroxyl groups is 1. The molecule has 1 aliphatic rings. The van der Waals surface area contributed by atoms with Crippen LogP contribution in [0.2, 0.25) is 0 Å². The second-order valence-electron chi connectivity index (χ2n) is 5.07. The average molecular weight is 268 g/mol. The molecule has 1 aromatic heterocycles. The third-order valence-electron chi connectivity index (χ3n) is 3.31. The van der Waals surface area contributed by atoms with Gasteiger partial charge >= 0.3 is 5.97 Å². The van der Waals surface area contributed by atoms with Crippen molar-refractivity contribution in [3.8, 4) is 0 Å². The van der Waals surface area contributed by atoms with Crippen LogP contribution >= 0.6 is 0 Å². The quantitative estimate of drug-likeness (QED) is 0.839. The summed E-state index contributed by atoms with van der Waals surface area (Å²) in [6.07, 6.45) is 3.60. The summed E-state index contributed by atoms with van der Waals surface area (Å²) in [5, 5.41) is 10.0. The number of esters is 1. The van der Waals surface area contributed by atoms with Crippen molar-refractivity contribution in [3.05, 3.63) is 12.0 Å². The Morgan fingerprint density at radius 1 is 1.58 bits per heavy atom. The van der Waals surface area contributed by atoms with E-state index in [1.807, 2.05) is 11.8 Å². The highest BCUT2D eigenvalue weighted by molar-refractivity contribution is 5.87. The topological polar surface area (TPSA) is 75.8 Å². The van der Waals surface area contributed by atoms with Crippen molar-refractivity contribution in [1.82, 2.24) is 4.98 Å². The van der Waals surface area contributed by atoms with E-state index in [9.17, 15) is 9.90 Å². The molecule has 6 heteroatoms. The highest BCUT2D eigenvalue weighted by Crippen LogP contribution is 2.24. The van der Waals surface area contributed by atoms with E-state index in [2.05, 4.69) is 4.98 Å². The Hall–Kier alpha value is -1.56. The Bertz CT molecular complexity index is 442. The number of oxazole rings is 1. The van der Waals surface area contributed by atoms with E-state index in [0.717, 1.165) is 19.4 Å². The Morgan fingerprint density at radius 3 is 3.11 bits per heavy atom. The third-order valence-corrected chi connectivity index (χ3v) is 3.31. The van der Waals surface area contributed by atoms with Crippen molar-refractivity contribution in [2.24, 2.45) is 0 Å². The van der Waals surface area contributed by atoms with Gasteiger partial charge in [-0.1, -0.05) is 0 Å². The fourth-order valence-electron chi connectivity index (χ4n) is 2.16. The van der Waals surface area contributed by atoms with E-state index in [0.29, 0.717) is 25.6 Å². The molecule has 0 amide bonds. The molecule has 1 unspecified atom stereocenters. The summed E-state index contributed by atoms with van der Waals surface area (Å²) in [6, 6.07) is 0.417. The van der Waals surface area contributed by atoms with Crippen molar-refractivity contribution < 1.29 is 19.1 Å². The fourth-order valence-corrected chi connectivity index (χ4v) is 2.16. The van der Waals surface area contributed by atoms with Crippen molar-refractivity contribution in [2.75, 3.05) is 24.6 Å². The predicted molar refractivity (Wildman–Crippen MR) is 69.1 cm³/mol. The van der Waals surface area contributed by atoms with Crippen LogP contribution in [0.4, 0.5) is 6.01 Å². The summed E-state index contributed by atoms with van der Waals surface area (Å²) in [5.41, 5.74) is -0.446. The van der Waals surface area contributed by atoms with E-state index < -0.39 is 11.6 Å². The van der Waals surface area contributed by atoms with Crippen molar-refractivity contribution in [1.29, 1.82) is 0 Å². The summed E-state index contributed by atoms with van der Waals surface area (Å²) < 4.78 is 10.2. The first-order chi connectivity index (χ1) is 9.02. The van der Waals surface area contributed by atoms with Gasteiger partial charge in [0.2, 0.25) is 0 Å². The summed E-state index contributed by atoms with van der Waals surface area (Å²) >= 11 is 0. The smallest absolute Gasteiger partial charge is 0.360 e. The van der Waals surface area contributed by atoms with E-state index >= 15 is 0 Å². The Kier molecular flexibility index (Phi) is 4.09. The number of anilines is 1. The first-order valence-corrected chi connectivity index (χ1v) is 6.62. The second-order valence-corrected chi connectivity index (χ2v) is 5.07. The largest absolute Gasteiger partial charge is 0.461 e. The minimum Gasteiger partial charge on any atom is -0.461 e. The number of rotatable bonds is 3. The van der Waals surface area contributed by atoms with Crippen molar-refractivity contribution in [3.63, 3.8) is 0 Å². The van der Waals surface area contributed by atoms with Crippen LogP contribution < -0.4 is 4.90 Å². The lowest BCUT2D eigenvalue weighted by Crippen LogP contribution is -2.28. The zero-order valence-electron chi connectivity index (χ0n) is 11.4. The molecule has 0 radical (unpaired) electrons. The molecular weight excluding hydrogens is 248 g/mol. The van der Waals surface area contributed by atoms with E-state index in [1.54, 1.807) is 6.92 Å². The minimum absolute atomic E-state index is 0.188. The molecule has 0 saturated carbocycles. The van der Waals surface area contributed by atoms with Crippen molar-refractivity contribution >= 4 is 12.0 Å². The van der Waals surface area contributed by atoms with Crippen LogP contribution in [0, 0.1) is 0 Å². The number of hydrogen-bond acceptors (Lipinski definition) is 6. The summed E-state index contributed by atoms with van der Waals surface area (Å²) in [6.45, 7) is 5.33. The van der Waals surface area contributed by atoms with Crippen molar-refractivity contribution in [2.45, 2.75) is 38.7 Å². The fraction of sp³-hybridized carbons (Fsp3) is 0.692. The van der Waals surface area contributed by atoms with Crippen LogP contribution in [0.1, 0.15) is 43.6 Å². The molecule has 6 nitrogen and oxygen atoms in total.